The summed E-state index contributed by atoms with van der Waals surface area (Å²) in [6.07, 6.45) is 2.96. The van der Waals surface area contributed by atoms with Crippen LogP contribution in [0.2, 0.25) is 0 Å². The van der Waals surface area contributed by atoms with Gasteiger partial charge in [0.15, 0.2) is 0 Å². The van der Waals surface area contributed by atoms with Crippen LogP contribution in [0.1, 0.15) is 42.5 Å². The third kappa shape index (κ3) is 3.29. The first-order chi connectivity index (χ1) is 11.9. The van der Waals surface area contributed by atoms with Crippen molar-refractivity contribution in [2.75, 3.05) is 18.0 Å². The molecule has 2 aliphatic rings. The van der Waals surface area contributed by atoms with Crippen molar-refractivity contribution in [2.45, 2.75) is 37.6 Å². The number of carbonyl (C=O) groups is 3. The highest BCUT2D eigenvalue weighted by Gasteiger charge is 2.41. The fourth-order valence-corrected chi connectivity index (χ4v) is 3.41. The van der Waals surface area contributed by atoms with E-state index in [0.717, 1.165) is 12.5 Å². The van der Waals surface area contributed by atoms with Crippen molar-refractivity contribution in [3.63, 3.8) is 0 Å². The number of rotatable bonds is 4. The summed E-state index contributed by atoms with van der Waals surface area (Å²) in [6, 6.07) is 3.51. The third-order valence-electron chi connectivity index (χ3n) is 4.83. The molecule has 1 aromatic rings. The minimum Gasteiger partial charge on any atom is -0.480 e. The Kier molecular flexibility index (Phi) is 4.61. The molecule has 0 bridgehead atoms. The summed E-state index contributed by atoms with van der Waals surface area (Å²) in [4.78, 5) is 37.4. The van der Waals surface area contributed by atoms with Crippen molar-refractivity contribution in [3.05, 3.63) is 29.6 Å². The van der Waals surface area contributed by atoms with Crippen LogP contribution >= 0.6 is 0 Å². The van der Waals surface area contributed by atoms with E-state index in [9.17, 15) is 23.9 Å². The second-order valence-electron chi connectivity index (χ2n) is 6.45. The van der Waals surface area contributed by atoms with Crippen LogP contribution in [0.5, 0.6) is 0 Å². The first kappa shape index (κ1) is 17.2. The van der Waals surface area contributed by atoms with Gasteiger partial charge in [0.25, 0.3) is 5.91 Å². The largest absolute Gasteiger partial charge is 0.480 e. The monoisotopic (exact) mass is 349 g/mol. The van der Waals surface area contributed by atoms with Gasteiger partial charge in [-0.3, -0.25) is 9.69 Å². The molecule has 1 aliphatic heterocycles. The SMILES string of the molecule is O=C(NC1(C(=O)O)CCCCC1)c1cc(N2CCNC2=O)ccc1F. The first-order valence-electron chi connectivity index (χ1n) is 8.34. The van der Waals surface area contributed by atoms with E-state index in [4.69, 9.17) is 0 Å². The van der Waals surface area contributed by atoms with Gasteiger partial charge in [-0.2, -0.15) is 0 Å². The minimum absolute atomic E-state index is 0.261. The Labute approximate surface area is 144 Å². The summed E-state index contributed by atoms with van der Waals surface area (Å²) in [5.74, 6) is -2.63. The van der Waals surface area contributed by atoms with E-state index in [2.05, 4.69) is 10.6 Å². The number of carboxylic acids is 1. The zero-order chi connectivity index (χ0) is 18.0. The molecule has 3 N–H and O–H groups in total. The summed E-state index contributed by atoms with van der Waals surface area (Å²) < 4.78 is 14.2. The lowest BCUT2D eigenvalue weighted by molar-refractivity contribution is -0.145. The second kappa shape index (κ2) is 6.70. The zero-order valence-electron chi connectivity index (χ0n) is 13.7. The first-order valence-corrected chi connectivity index (χ1v) is 8.34. The smallest absolute Gasteiger partial charge is 0.329 e. The fraction of sp³-hybridized carbons (Fsp3) is 0.471. The maximum absolute atomic E-state index is 14.2. The number of aliphatic carboxylic acids is 1. The highest BCUT2D eigenvalue weighted by molar-refractivity contribution is 6.00. The molecular weight excluding hydrogens is 329 g/mol. The van der Waals surface area contributed by atoms with Crippen molar-refractivity contribution >= 4 is 23.6 Å². The van der Waals surface area contributed by atoms with Gasteiger partial charge < -0.3 is 15.7 Å². The second-order valence-corrected chi connectivity index (χ2v) is 6.45. The van der Waals surface area contributed by atoms with Gasteiger partial charge in [-0.1, -0.05) is 19.3 Å². The molecule has 0 aromatic heterocycles. The molecule has 0 spiro atoms. The summed E-state index contributed by atoms with van der Waals surface area (Å²) in [7, 11) is 0. The van der Waals surface area contributed by atoms with Gasteiger partial charge in [0, 0.05) is 18.8 Å². The fourth-order valence-electron chi connectivity index (χ4n) is 3.41. The number of carboxylic acid groups (broad SMARTS) is 1. The molecule has 1 saturated heterocycles. The number of halogens is 1. The van der Waals surface area contributed by atoms with Crippen molar-refractivity contribution in [1.82, 2.24) is 10.6 Å². The number of urea groups is 1. The van der Waals surface area contributed by atoms with E-state index in [1.54, 1.807) is 0 Å². The molecule has 8 heteroatoms. The molecular formula is C17H20FN3O4. The van der Waals surface area contributed by atoms with E-state index >= 15 is 0 Å². The lowest BCUT2D eigenvalue weighted by Gasteiger charge is -2.34. The summed E-state index contributed by atoms with van der Waals surface area (Å²) >= 11 is 0. The van der Waals surface area contributed by atoms with Gasteiger partial charge >= 0.3 is 12.0 Å². The maximum atomic E-state index is 14.2. The van der Waals surface area contributed by atoms with Crippen LogP contribution in [0.25, 0.3) is 0 Å². The normalized spacial score (nSPS) is 19.4. The number of carbonyl (C=O) groups excluding carboxylic acids is 2. The number of hydrogen-bond acceptors (Lipinski definition) is 3. The molecule has 0 radical (unpaired) electrons. The molecule has 25 heavy (non-hydrogen) atoms. The number of amides is 3. The zero-order valence-corrected chi connectivity index (χ0v) is 13.7. The Hall–Kier alpha value is -2.64. The highest BCUT2D eigenvalue weighted by Crippen LogP contribution is 2.29. The number of benzene rings is 1. The molecule has 0 atom stereocenters. The number of anilines is 1. The predicted molar refractivity (Wildman–Crippen MR) is 88.1 cm³/mol. The van der Waals surface area contributed by atoms with Crippen molar-refractivity contribution < 1.29 is 23.9 Å². The van der Waals surface area contributed by atoms with Gasteiger partial charge in [-0.05, 0) is 31.0 Å². The Morgan fingerprint density at radius 3 is 2.56 bits per heavy atom. The molecule has 1 saturated carbocycles. The van der Waals surface area contributed by atoms with E-state index in [1.807, 2.05) is 0 Å². The van der Waals surface area contributed by atoms with Crippen molar-refractivity contribution in [3.8, 4) is 0 Å². The average molecular weight is 349 g/mol. The highest BCUT2D eigenvalue weighted by atomic mass is 19.1. The molecule has 2 fully saturated rings. The topological polar surface area (TPSA) is 98.7 Å². The molecule has 1 aliphatic carbocycles. The van der Waals surface area contributed by atoms with Gasteiger partial charge in [0.1, 0.15) is 11.4 Å². The van der Waals surface area contributed by atoms with E-state index in [0.29, 0.717) is 44.5 Å². The minimum atomic E-state index is -1.36. The van der Waals surface area contributed by atoms with Crippen molar-refractivity contribution in [2.24, 2.45) is 0 Å². The molecule has 3 amide bonds. The average Bonchev–Trinajstić information content (AvgIpc) is 3.02. The van der Waals surface area contributed by atoms with E-state index in [-0.39, 0.29) is 11.6 Å². The number of nitrogens with zero attached hydrogens (tertiary/aromatic N) is 1. The van der Waals surface area contributed by atoms with Crippen LogP contribution in [0.4, 0.5) is 14.9 Å². The summed E-state index contributed by atoms with van der Waals surface area (Å²) in [5, 5.41) is 14.7. The Morgan fingerprint density at radius 1 is 1.24 bits per heavy atom. The Balaban J connectivity index is 1.86. The lowest BCUT2D eigenvalue weighted by Crippen LogP contribution is -2.55. The van der Waals surface area contributed by atoms with Gasteiger partial charge in [0.2, 0.25) is 0 Å². The van der Waals surface area contributed by atoms with Crippen LogP contribution in [0.15, 0.2) is 18.2 Å². The summed E-state index contributed by atoms with van der Waals surface area (Å²) in [6.45, 7) is 0.893. The third-order valence-corrected chi connectivity index (χ3v) is 4.83. The number of hydrogen-bond donors (Lipinski definition) is 3. The van der Waals surface area contributed by atoms with Crippen LogP contribution < -0.4 is 15.5 Å². The van der Waals surface area contributed by atoms with Crippen LogP contribution in [-0.2, 0) is 4.79 Å². The van der Waals surface area contributed by atoms with Crippen molar-refractivity contribution in [1.29, 1.82) is 0 Å². The number of nitrogens with one attached hydrogen (secondary N) is 2. The standard InChI is InChI=1S/C17H20FN3O4/c18-13-5-4-11(21-9-8-19-16(21)25)10-12(13)14(22)20-17(15(23)24)6-2-1-3-7-17/h4-5,10H,1-3,6-9H2,(H,19,25)(H,20,22)(H,23,24). The van der Waals surface area contributed by atoms with Crippen LogP contribution in [-0.4, -0.2) is 41.6 Å². The van der Waals surface area contributed by atoms with Gasteiger partial charge in [0.05, 0.1) is 5.56 Å². The molecule has 7 nitrogen and oxygen atoms in total. The van der Waals surface area contributed by atoms with Crippen LogP contribution in [0.3, 0.4) is 0 Å². The maximum Gasteiger partial charge on any atom is 0.329 e. The quantitative estimate of drug-likeness (QED) is 0.773. The molecule has 3 rings (SSSR count). The molecule has 0 unspecified atom stereocenters. The molecule has 1 heterocycles. The predicted octanol–water partition coefficient (Wildman–Crippen LogP) is 1.87. The van der Waals surface area contributed by atoms with E-state index < -0.39 is 23.2 Å². The van der Waals surface area contributed by atoms with Gasteiger partial charge in [-0.15, -0.1) is 0 Å². The summed E-state index contributed by atoms with van der Waals surface area (Å²) in [5.41, 5.74) is -1.22. The van der Waals surface area contributed by atoms with Crippen LogP contribution in [0, 0.1) is 5.82 Å². The lowest BCUT2D eigenvalue weighted by atomic mass is 9.81. The molecule has 134 valence electrons. The van der Waals surface area contributed by atoms with E-state index in [1.165, 1.54) is 17.0 Å². The Morgan fingerprint density at radius 2 is 1.96 bits per heavy atom. The Bertz CT molecular complexity index is 716. The molecule has 1 aromatic carbocycles. The van der Waals surface area contributed by atoms with Gasteiger partial charge in [-0.25, -0.2) is 14.0 Å².